The average Bonchev–Trinajstić information content (AvgIpc) is 2.93. The largest absolute Gasteiger partial charge is 0.339 e. The fourth-order valence-corrected chi connectivity index (χ4v) is 3.60. The highest BCUT2D eigenvalue weighted by Crippen LogP contribution is 2.20. The first-order chi connectivity index (χ1) is 11.5. The van der Waals surface area contributed by atoms with Gasteiger partial charge >= 0.3 is 0 Å². The fraction of sp³-hybridized carbons (Fsp3) is 0.450. The first-order valence-electron chi connectivity index (χ1n) is 8.68. The molecule has 0 radical (unpaired) electrons. The standard InChI is InChI=1S/C20H27N3O/c1-15-5-6-16(2)23(15)19-9-7-17(8-10-19)20(24)22-13-11-18(12-14-22)21(3)4/h5-10,18H,11-14H2,1-4H3. The van der Waals surface area contributed by atoms with Gasteiger partial charge < -0.3 is 14.4 Å². The van der Waals surface area contributed by atoms with Crippen LogP contribution in [0, 0.1) is 13.8 Å². The first-order valence-corrected chi connectivity index (χ1v) is 8.68. The van der Waals surface area contributed by atoms with Gasteiger partial charge in [0.15, 0.2) is 0 Å². The number of amides is 1. The van der Waals surface area contributed by atoms with Gasteiger partial charge in [-0.15, -0.1) is 0 Å². The lowest BCUT2D eigenvalue weighted by Crippen LogP contribution is -2.44. The molecular formula is C20H27N3O. The number of nitrogens with zero attached hydrogens (tertiary/aromatic N) is 3. The Morgan fingerprint density at radius 2 is 1.50 bits per heavy atom. The van der Waals surface area contributed by atoms with Gasteiger partial charge in [-0.2, -0.15) is 0 Å². The van der Waals surface area contributed by atoms with Crippen molar-refractivity contribution in [1.82, 2.24) is 14.4 Å². The Kier molecular flexibility index (Phi) is 4.76. The van der Waals surface area contributed by atoms with Gasteiger partial charge in [0, 0.05) is 41.8 Å². The van der Waals surface area contributed by atoms with Crippen molar-refractivity contribution in [3.8, 4) is 5.69 Å². The highest BCUT2D eigenvalue weighted by Gasteiger charge is 2.24. The van der Waals surface area contributed by atoms with E-state index < -0.39 is 0 Å². The molecule has 128 valence electrons. The van der Waals surface area contributed by atoms with E-state index in [0.29, 0.717) is 6.04 Å². The van der Waals surface area contributed by atoms with Crippen LogP contribution >= 0.6 is 0 Å². The second-order valence-corrected chi connectivity index (χ2v) is 6.99. The van der Waals surface area contributed by atoms with Gasteiger partial charge in [-0.05, 0) is 77.2 Å². The molecule has 0 unspecified atom stereocenters. The Bertz CT molecular complexity index is 687. The molecular weight excluding hydrogens is 298 g/mol. The van der Waals surface area contributed by atoms with E-state index in [2.05, 4.69) is 49.5 Å². The van der Waals surface area contributed by atoms with E-state index in [1.165, 1.54) is 11.4 Å². The molecule has 0 bridgehead atoms. The molecule has 1 fully saturated rings. The van der Waals surface area contributed by atoms with E-state index >= 15 is 0 Å². The van der Waals surface area contributed by atoms with E-state index in [0.717, 1.165) is 37.2 Å². The molecule has 4 nitrogen and oxygen atoms in total. The third kappa shape index (κ3) is 3.24. The minimum atomic E-state index is 0.153. The van der Waals surface area contributed by atoms with Crippen molar-refractivity contribution < 1.29 is 4.79 Å². The third-order valence-corrected chi connectivity index (χ3v) is 5.13. The number of benzene rings is 1. The van der Waals surface area contributed by atoms with E-state index in [9.17, 15) is 4.79 Å². The van der Waals surface area contributed by atoms with Gasteiger partial charge in [0.2, 0.25) is 0 Å². The molecule has 0 aliphatic carbocycles. The Hall–Kier alpha value is -2.07. The summed E-state index contributed by atoms with van der Waals surface area (Å²) in [5, 5.41) is 0. The number of rotatable bonds is 3. The number of aryl methyl sites for hydroxylation is 2. The van der Waals surface area contributed by atoms with Crippen LogP contribution in [0.2, 0.25) is 0 Å². The number of hydrogen-bond acceptors (Lipinski definition) is 2. The smallest absolute Gasteiger partial charge is 0.253 e. The van der Waals surface area contributed by atoms with Gasteiger partial charge in [0.05, 0.1) is 0 Å². The summed E-state index contributed by atoms with van der Waals surface area (Å²) >= 11 is 0. The SMILES string of the molecule is Cc1ccc(C)n1-c1ccc(C(=O)N2CCC(N(C)C)CC2)cc1. The van der Waals surface area contributed by atoms with Crippen LogP contribution in [0.4, 0.5) is 0 Å². The molecule has 1 aromatic heterocycles. The number of carbonyl (C=O) groups excluding carboxylic acids is 1. The van der Waals surface area contributed by atoms with Crippen LogP contribution in [0.5, 0.6) is 0 Å². The zero-order valence-corrected chi connectivity index (χ0v) is 15.1. The number of likely N-dealkylation sites (tertiary alicyclic amines) is 1. The molecule has 1 saturated heterocycles. The zero-order chi connectivity index (χ0) is 17.3. The predicted octanol–water partition coefficient (Wildman–Crippen LogP) is 3.26. The van der Waals surface area contributed by atoms with E-state index in [4.69, 9.17) is 0 Å². The summed E-state index contributed by atoms with van der Waals surface area (Å²) in [4.78, 5) is 17.0. The van der Waals surface area contributed by atoms with Crippen molar-refractivity contribution in [2.24, 2.45) is 0 Å². The molecule has 1 aliphatic rings. The molecule has 0 saturated carbocycles. The van der Waals surface area contributed by atoms with Crippen molar-refractivity contribution in [3.05, 3.63) is 53.3 Å². The molecule has 1 aromatic carbocycles. The van der Waals surface area contributed by atoms with Crippen molar-refractivity contribution in [3.63, 3.8) is 0 Å². The number of piperidine rings is 1. The van der Waals surface area contributed by atoms with Crippen LogP contribution < -0.4 is 0 Å². The molecule has 2 aromatic rings. The van der Waals surface area contributed by atoms with Gasteiger partial charge in [-0.3, -0.25) is 4.79 Å². The second kappa shape index (κ2) is 6.81. The van der Waals surface area contributed by atoms with E-state index in [1.54, 1.807) is 0 Å². The third-order valence-electron chi connectivity index (χ3n) is 5.13. The Morgan fingerprint density at radius 3 is 2.00 bits per heavy atom. The molecule has 4 heteroatoms. The highest BCUT2D eigenvalue weighted by atomic mass is 16.2. The summed E-state index contributed by atoms with van der Waals surface area (Å²) in [6.07, 6.45) is 2.11. The lowest BCUT2D eigenvalue weighted by molar-refractivity contribution is 0.0663. The number of carbonyl (C=O) groups is 1. The molecule has 1 aliphatic heterocycles. The van der Waals surface area contributed by atoms with Crippen molar-refractivity contribution >= 4 is 5.91 Å². The molecule has 0 N–H and O–H groups in total. The minimum absolute atomic E-state index is 0.153. The molecule has 2 heterocycles. The topological polar surface area (TPSA) is 28.5 Å². The average molecular weight is 325 g/mol. The van der Waals surface area contributed by atoms with Gasteiger partial charge in [0.1, 0.15) is 0 Å². The van der Waals surface area contributed by atoms with Crippen LogP contribution in [0.1, 0.15) is 34.6 Å². The van der Waals surface area contributed by atoms with E-state index in [-0.39, 0.29) is 5.91 Å². The Labute approximate surface area is 144 Å². The summed E-state index contributed by atoms with van der Waals surface area (Å²) < 4.78 is 2.21. The first kappa shape index (κ1) is 16.8. The molecule has 0 spiro atoms. The molecule has 24 heavy (non-hydrogen) atoms. The van der Waals surface area contributed by atoms with Crippen LogP contribution in [-0.2, 0) is 0 Å². The van der Waals surface area contributed by atoms with Crippen molar-refractivity contribution in [2.45, 2.75) is 32.7 Å². The van der Waals surface area contributed by atoms with Gasteiger partial charge in [-0.1, -0.05) is 0 Å². The normalized spacial score (nSPS) is 16.0. The monoisotopic (exact) mass is 325 g/mol. The van der Waals surface area contributed by atoms with Crippen LogP contribution in [-0.4, -0.2) is 53.5 Å². The maximum absolute atomic E-state index is 12.7. The quantitative estimate of drug-likeness (QED) is 0.866. The van der Waals surface area contributed by atoms with Crippen molar-refractivity contribution in [1.29, 1.82) is 0 Å². The van der Waals surface area contributed by atoms with Crippen molar-refractivity contribution in [2.75, 3.05) is 27.2 Å². The van der Waals surface area contributed by atoms with Gasteiger partial charge in [-0.25, -0.2) is 0 Å². The maximum Gasteiger partial charge on any atom is 0.253 e. The summed E-state index contributed by atoms with van der Waals surface area (Å²) in [5.74, 6) is 0.153. The Morgan fingerprint density at radius 1 is 0.958 bits per heavy atom. The molecule has 0 atom stereocenters. The summed E-state index contributed by atoms with van der Waals surface area (Å²) in [6, 6.07) is 12.8. The summed E-state index contributed by atoms with van der Waals surface area (Å²) in [7, 11) is 4.23. The predicted molar refractivity (Wildman–Crippen MR) is 97.9 cm³/mol. The van der Waals surface area contributed by atoms with Crippen LogP contribution in [0.25, 0.3) is 5.69 Å². The zero-order valence-electron chi connectivity index (χ0n) is 15.1. The summed E-state index contributed by atoms with van der Waals surface area (Å²) in [5.41, 5.74) is 4.30. The number of hydrogen-bond donors (Lipinski definition) is 0. The number of aromatic nitrogens is 1. The van der Waals surface area contributed by atoms with Gasteiger partial charge in [0.25, 0.3) is 5.91 Å². The highest BCUT2D eigenvalue weighted by molar-refractivity contribution is 5.94. The molecule has 1 amide bonds. The van der Waals surface area contributed by atoms with Crippen LogP contribution in [0.15, 0.2) is 36.4 Å². The lowest BCUT2D eigenvalue weighted by Gasteiger charge is -2.35. The lowest BCUT2D eigenvalue weighted by atomic mass is 10.0. The maximum atomic E-state index is 12.7. The van der Waals surface area contributed by atoms with Crippen LogP contribution in [0.3, 0.4) is 0 Å². The molecule has 3 rings (SSSR count). The summed E-state index contributed by atoms with van der Waals surface area (Å²) in [6.45, 7) is 5.89. The Balaban J connectivity index is 1.71. The minimum Gasteiger partial charge on any atom is -0.339 e. The fourth-order valence-electron chi connectivity index (χ4n) is 3.60. The second-order valence-electron chi connectivity index (χ2n) is 6.99. The van der Waals surface area contributed by atoms with E-state index in [1.807, 2.05) is 29.2 Å².